The molecule has 0 saturated carbocycles. The molecule has 0 aromatic heterocycles. The van der Waals surface area contributed by atoms with E-state index in [0.29, 0.717) is 10.0 Å². The maximum Gasteiger partial charge on any atom is 0.240 e. The number of carbonyl (C=O) groups excluding carboxylic acids is 1. The van der Waals surface area contributed by atoms with Crippen LogP contribution >= 0.6 is 23.2 Å². The van der Waals surface area contributed by atoms with Crippen LogP contribution in [0.25, 0.3) is 0 Å². The summed E-state index contributed by atoms with van der Waals surface area (Å²) in [7, 11) is -3.65. The standard InChI is InChI=1S/C16H16Cl2N2O3S/c17-13-5-3-6-14(11-13)24(22,23)20-9-8-19-16(21)10-12-4-1-2-7-15(12)18/h1-7,11,20H,8-10H2,(H,19,21). The van der Waals surface area contributed by atoms with Crippen molar-refractivity contribution in [3.8, 4) is 0 Å². The number of rotatable bonds is 7. The van der Waals surface area contributed by atoms with Crippen molar-refractivity contribution in [1.82, 2.24) is 10.0 Å². The molecule has 2 N–H and O–H groups in total. The monoisotopic (exact) mass is 386 g/mol. The van der Waals surface area contributed by atoms with Crippen LogP contribution in [-0.2, 0) is 21.2 Å². The minimum absolute atomic E-state index is 0.0725. The van der Waals surface area contributed by atoms with Crippen LogP contribution in [0.15, 0.2) is 53.4 Å². The van der Waals surface area contributed by atoms with E-state index < -0.39 is 10.0 Å². The first kappa shape index (κ1) is 18.7. The van der Waals surface area contributed by atoms with E-state index in [-0.39, 0.29) is 30.3 Å². The zero-order chi connectivity index (χ0) is 17.6. The molecule has 0 atom stereocenters. The molecular formula is C16H16Cl2N2O3S. The molecule has 0 heterocycles. The Morgan fingerprint density at radius 3 is 2.46 bits per heavy atom. The minimum Gasteiger partial charge on any atom is -0.354 e. The predicted octanol–water partition coefficient (Wildman–Crippen LogP) is 2.63. The Balaban J connectivity index is 1.80. The third kappa shape index (κ3) is 5.49. The van der Waals surface area contributed by atoms with Gasteiger partial charge in [0.1, 0.15) is 0 Å². The van der Waals surface area contributed by atoms with E-state index in [9.17, 15) is 13.2 Å². The van der Waals surface area contributed by atoms with E-state index in [1.807, 2.05) is 0 Å². The first-order valence-corrected chi connectivity index (χ1v) is 9.38. The van der Waals surface area contributed by atoms with E-state index in [1.54, 1.807) is 36.4 Å². The largest absolute Gasteiger partial charge is 0.354 e. The summed E-state index contributed by atoms with van der Waals surface area (Å²) in [5, 5.41) is 3.50. The second-order valence-electron chi connectivity index (χ2n) is 4.97. The fourth-order valence-electron chi connectivity index (χ4n) is 1.98. The van der Waals surface area contributed by atoms with Crippen molar-refractivity contribution in [2.75, 3.05) is 13.1 Å². The third-order valence-electron chi connectivity index (χ3n) is 3.15. The minimum atomic E-state index is -3.65. The van der Waals surface area contributed by atoms with Crippen molar-refractivity contribution in [2.24, 2.45) is 0 Å². The summed E-state index contributed by atoms with van der Waals surface area (Å²) in [5.41, 5.74) is 0.719. The summed E-state index contributed by atoms with van der Waals surface area (Å²) in [6, 6.07) is 13.0. The van der Waals surface area contributed by atoms with Gasteiger partial charge in [0.15, 0.2) is 0 Å². The lowest BCUT2D eigenvalue weighted by Crippen LogP contribution is -2.35. The zero-order valence-electron chi connectivity index (χ0n) is 12.6. The Morgan fingerprint density at radius 1 is 1.00 bits per heavy atom. The van der Waals surface area contributed by atoms with Gasteiger partial charge in [0.05, 0.1) is 11.3 Å². The summed E-state index contributed by atoms with van der Waals surface area (Å²) in [6.45, 7) is 0.242. The molecule has 24 heavy (non-hydrogen) atoms. The topological polar surface area (TPSA) is 75.3 Å². The van der Waals surface area contributed by atoms with Crippen LogP contribution in [0.4, 0.5) is 0 Å². The first-order valence-electron chi connectivity index (χ1n) is 7.14. The zero-order valence-corrected chi connectivity index (χ0v) is 15.0. The van der Waals surface area contributed by atoms with Crippen LogP contribution in [0.5, 0.6) is 0 Å². The van der Waals surface area contributed by atoms with Gasteiger partial charge in [-0.15, -0.1) is 0 Å². The van der Waals surface area contributed by atoms with Crippen molar-refractivity contribution in [2.45, 2.75) is 11.3 Å². The average molecular weight is 387 g/mol. The summed E-state index contributed by atoms with van der Waals surface area (Å²) in [6.07, 6.45) is 0.140. The molecule has 8 heteroatoms. The van der Waals surface area contributed by atoms with Gasteiger partial charge in [-0.1, -0.05) is 47.5 Å². The van der Waals surface area contributed by atoms with Gasteiger partial charge < -0.3 is 5.32 Å². The molecule has 2 aromatic carbocycles. The molecule has 2 aromatic rings. The molecule has 1 amide bonds. The highest BCUT2D eigenvalue weighted by Gasteiger charge is 2.13. The quantitative estimate of drug-likeness (QED) is 0.718. The van der Waals surface area contributed by atoms with Crippen LogP contribution in [0.3, 0.4) is 0 Å². The predicted molar refractivity (Wildman–Crippen MR) is 94.8 cm³/mol. The lowest BCUT2D eigenvalue weighted by atomic mass is 10.1. The highest BCUT2D eigenvalue weighted by Crippen LogP contribution is 2.16. The second kappa shape index (κ2) is 8.48. The molecule has 2 rings (SSSR count). The molecule has 0 unspecified atom stereocenters. The van der Waals surface area contributed by atoms with Crippen LogP contribution in [0.2, 0.25) is 10.0 Å². The molecule has 0 aliphatic carbocycles. The van der Waals surface area contributed by atoms with E-state index in [0.717, 1.165) is 5.56 Å². The highest BCUT2D eigenvalue weighted by atomic mass is 35.5. The van der Waals surface area contributed by atoms with Crippen molar-refractivity contribution in [3.63, 3.8) is 0 Å². The van der Waals surface area contributed by atoms with E-state index in [2.05, 4.69) is 10.0 Å². The van der Waals surface area contributed by atoms with Gasteiger partial charge in [0.2, 0.25) is 15.9 Å². The molecule has 5 nitrogen and oxygen atoms in total. The fraction of sp³-hybridized carbons (Fsp3) is 0.188. The van der Waals surface area contributed by atoms with Crippen molar-refractivity contribution in [1.29, 1.82) is 0 Å². The maximum absolute atomic E-state index is 12.1. The second-order valence-corrected chi connectivity index (χ2v) is 7.58. The Labute approximate surface area is 151 Å². The van der Waals surface area contributed by atoms with Gasteiger partial charge in [-0.3, -0.25) is 4.79 Å². The summed E-state index contributed by atoms with van der Waals surface area (Å²) in [5.74, 6) is -0.231. The Morgan fingerprint density at radius 2 is 1.75 bits per heavy atom. The summed E-state index contributed by atoms with van der Waals surface area (Å²) < 4.78 is 26.5. The van der Waals surface area contributed by atoms with Crippen molar-refractivity contribution >= 4 is 39.1 Å². The van der Waals surface area contributed by atoms with Crippen LogP contribution in [0, 0.1) is 0 Å². The lowest BCUT2D eigenvalue weighted by molar-refractivity contribution is -0.120. The number of sulfonamides is 1. The molecule has 0 spiro atoms. The number of halogens is 2. The Kier molecular flexibility index (Phi) is 6.62. The van der Waals surface area contributed by atoms with Gasteiger partial charge in [-0.25, -0.2) is 13.1 Å². The van der Waals surface area contributed by atoms with Crippen molar-refractivity contribution in [3.05, 3.63) is 64.1 Å². The number of benzene rings is 2. The summed E-state index contributed by atoms with van der Waals surface area (Å²) >= 11 is 11.8. The van der Waals surface area contributed by atoms with Gasteiger partial charge in [0.25, 0.3) is 0 Å². The smallest absolute Gasteiger partial charge is 0.240 e. The van der Waals surface area contributed by atoms with E-state index >= 15 is 0 Å². The number of hydrogen-bond acceptors (Lipinski definition) is 3. The molecular weight excluding hydrogens is 371 g/mol. The van der Waals surface area contributed by atoms with Gasteiger partial charge in [-0.2, -0.15) is 0 Å². The normalized spacial score (nSPS) is 11.2. The highest BCUT2D eigenvalue weighted by molar-refractivity contribution is 7.89. The Bertz CT molecular complexity index is 826. The van der Waals surface area contributed by atoms with Crippen LogP contribution in [-0.4, -0.2) is 27.4 Å². The average Bonchev–Trinajstić information content (AvgIpc) is 2.54. The molecule has 0 bridgehead atoms. The molecule has 0 saturated heterocycles. The van der Waals surface area contributed by atoms with Crippen LogP contribution in [0.1, 0.15) is 5.56 Å². The third-order valence-corrected chi connectivity index (χ3v) is 5.22. The number of amides is 1. The molecule has 0 radical (unpaired) electrons. The van der Waals surface area contributed by atoms with Gasteiger partial charge >= 0.3 is 0 Å². The molecule has 0 aliphatic heterocycles. The molecule has 0 fully saturated rings. The Hall–Kier alpha value is -1.60. The van der Waals surface area contributed by atoms with E-state index in [1.165, 1.54) is 12.1 Å². The number of nitrogens with one attached hydrogen (secondary N) is 2. The maximum atomic E-state index is 12.1. The lowest BCUT2D eigenvalue weighted by Gasteiger charge is -2.09. The van der Waals surface area contributed by atoms with Gasteiger partial charge in [0, 0.05) is 23.1 Å². The van der Waals surface area contributed by atoms with Gasteiger partial charge in [-0.05, 0) is 29.8 Å². The first-order chi connectivity index (χ1) is 11.4. The van der Waals surface area contributed by atoms with Crippen molar-refractivity contribution < 1.29 is 13.2 Å². The SMILES string of the molecule is O=C(Cc1ccccc1Cl)NCCNS(=O)(=O)c1cccc(Cl)c1. The van der Waals surface area contributed by atoms with E-state index in [4.69, 9.17) is 23.2 Å². The molecule has 128 valence electrons. The fourth-order valence-corrected chi connectivity index (χ4v) is 3.52. The van der Waals surface area contributed by atoms with Crippen LogP contribution < -0.4 is 10.0 Å². The summed E-state index contributed by atoms with van der Waals surface area (Å²) in [4.78, 5) is 11.9. The number of carbonyl (C=O) groups is 1. The molecule has 0 aliphatic rings. The number of hydrogen-bond donors (Lipinski definition) is 2.